The molecular weight excluding hydrogens is 592 g/mol. The third-order valence-corrected chi connectivity index (χ3v) is 9.19. The van der Waals surface area contributed by atoms with Crippen molar-refractivity contribution in [2.75, 3.05) is 13.1 Å². The van der Waals surface area contributed by atoms with Gasteiger partial charge in [0.1, 0.15) is 6.33 Å². The van der Waals surface area contributed by atoms with Crippen molar-refractivity contribution in [2.24, 2.45) is 7.05 Å². The van der Waals surface area contributed by atoms with Crippen molar-refractivity contribution in [2.45, 2.75) is 32.2 Å². The molecule has 6 heterocycles. The van der Waals surface area contributed by atoms with E-state index in [-0.39, 0.29) is 17.4 Å². The number of amides is 1. The van der Waals surface area contributed by atoms with Gasteiger partial charge in [0.2, 0.25) is 5.82 Å². The highest BCUT2D eigenvalue weighted by Crippen LogP contribution is 2.32. The molecule has 1 saturated heterocycles. The zero-order chi connectivity index (χ0) is 32.1. The predicted octanol–water partition coefficient (Wildman–Crippen LogP) is 4.96. The molecule has 0 unspecified atom stereocenters. The van der Waals surface area contributed by atoms with Crippen molar-refractivity contribution in [3.05, 3.63) is 108 Å². The lowest BCUT2D eigenvalue weighted by atomic mass is 9.89. The van der Waals surface area contributed by atoms with Crippen LogP contribution in [0.15, 0.2) is 90.5 Å². The van der Waals surface area contributed by atoms with Gasteiger partial charge >= 0.3 is 5.69 Å². The molecule has 0 atom stereocenters. The SMILES string of the molecule is CCn1c(=O)n(-c2ccc(C3CCN(C(=O)c4nnc[nH]4)CC3)cc2)c2c3cc(-c4ccc(-c5cnn(C)c5)nc4)ccc3ncc21. The van der Waals surface area contributed by atoms with Crippen LogP contribution in [0.25, 0.3) is 50.0 Å². The molecule has 1 fully saturated rings. The second-order valence-electron chi connectivity index (χ2n) is 11.9. The Labute approximate surface area is 269 Å². The van der Waals surface area contributed by atoms with Crippen LogP contribution < -0.4 is 5.69 Å². The zero-order valence-electron chi connectivity index (χ0n) is 26.0. The first kappa shape index (κ1) is 28.6. The molecule has 12 heteroatoms. The largest absolute Gasteiger partial charge is 0.336 e. The van der Waals surface area contributed by atoms with Crippen LogP contribution in [0, 0.1) is 0 Å². The Hall–Kier alpha value is -5.91. The molecule has 1 aliphatic rings. The minimum atomic E-state index is -0.120. The van der Waals surface area contributed by atoms with Gasteiger partial charge in [0, 0.05) is 55.6 Å². The maximum atomic E-state index is 13.9. The Morgan fingerprint density at radius 2 is 1.74 bits per heavy atom. The molecule has 7 aromatic rings. The lowest BCUT2D eigenvalue weighted by molar-refractivity contribution is 0.0701. The van der Waals surface area contributed by atoms with E-state index in [2.05, 4.69) is 44.5 Å². The van der Waals surface area contributed by atoms with E-state index in [0.29, 0.717) is 25.6 Å². The van der Waals surface area contributed by atoms with Gasteiger partial charge in [-0.3, -0.25) is 28.6 Å². The van der Waals surface area contributed by atoms with Gasteiger partial charge in [0.05, 0.1) is 40.3 Å². The van der Waals surface area contributed by atoms with Crippen molar-refractivity contribution in [3.8, 4) is 28.1 Å². The number of aromatic amines is 1. The van der Waals surface area contributed by atoms with Crippen LogP contribution in [0.5, 0.6) is 0 Å². The summed E-state index contributed by atoms with van der Waals surface area (Å²) in [6, 6.07) is 18.5. The molecular formula is C35H32N10O2. The third kappa shape index (κ3) is 4.98. The molecule has 0 radical (unpaired) electrons. The van der Waals surface area contributed by atoms with Gasteiger partial charge in [0.15, 0.2) is 0 Å². The van der Waals surface area contributed by atoms with Crippen LogP contribution in [0.4, 0.5) is 0 Å². The summed E-state index contributed by atoms with van der Waals surface area (Å²) in [5, 5.41) is 12.7. The van der Waals surface area contributed by atoms with Crippen molar-refractivity contribution in [3.63, 3.8) is 0 Å². The number of pyridine rings is 2. The van der Waals surface area contributed by atoms with Crippen molar-refractivity contribution in [1.82, 2.24) is 49.0 Å². The first-order valence-corrected chi connectivity index (χ1v) is 15.7. The molecule has 1 N–H and O–H groups in total. The fourth-order valence-corrected chi connectivity index (χ4v) is 6.70. The highest BCUT2D eigenvalue weighted by Gasteiger charge is 2.26. The summed E-state index contributed by atoms with van der Waals surface area (Å²) in [5.41, 5.74) is 8.11. The Kier molecular flexibility index (Phi) is 6.97. The summed E-state index contributed by atoms with van der Waals surface area (Å²) in [6.45, 7) is 3.80. The smallest absolute Gasteiger partial charge is 0.333 e. The molecule has 12 nitrogen and oxygen atoms in total. The first-order valence-electron chi connectivity index (χ1n) is 15.7. The van der Waals surface area contributed by atoms with Gasteiger partial charge in [-0.25, -0.2) is 4.79 Å². The van der Waals surface area contributed by atoms with Gasteiger partial charge in [-0.1, -0.05) is 24.3 Å². The first-order chi connectivity index (χ1) is 23.0. The highest BCUT2D eigenvalue weighted by molar-refractivity contribution is 6.04. The van der Waals surface area contributed by atoms with E-state index in [0.717, 1.165) is 62.8 Å². The van der Waals surface area contributed by atoms with E-state index >= 15 is 0 Å². The summed E-state index contributed by atoms with van der Waals surface area (Å²) in [6.07, 6.45) is 10.5. The van der Waals surface area contributed by atoms with Crippen LogP contribution >= 0.6 is 0 Å². The summed E-state index contributed by atoms with van der Waals surface area (Å²) in [5.74, 6) is 0.475. The van der Waals surface area contributed by atoms with Crippen LogP contribution in [-0.2, 0) is 13.6 Å². The van der Waals surface area contributed by atoms with Gasteiger partial charge in [-0.15, -0.1) is 10.2 Å². The number of rotatable bonds is 6. The number of aryl methyl sites for hydroxylation is 2. The molecule has 47 heavy (non-hydrogen) atoms. The number of imidazole rings is 1. The van der Waals surface area contributed by atoms with Crippen LogP contribution in [0.1, 0.15) is 41.9 Å². The van der Waals surface area contributed by atoms with E-state index < -0.39 is 0 Å². The number of carbonyl (C=O) groups is 1. The van der Waals surface area contributed by atoms with Crippen molar-refractivity contribution < 1.29 is 4.79 Å². The maximum absolute atomic E-state index is 13.9. The number of hydrogen-bond acceptors (Lipinski definition) is 7. The fourth-order valence-electron chi connectivity index (χ4n) is 6.70. The molecule has 1 amide bonds. The number of piperidine rings is 1. The van der Waals surface area contributed by atoms with Gasteiger partial charge in [-0.05, 0) is 67.1 Å². The number of nitrogens with zero attached hydrogens (tertiary/aromatic N) is 9. The number of benzene rings is 2. The van der Waals surface area contributed by atoms with Crippen molar-refractivity contribution in [1.29, 1.82) is 0 Å². The topological polar surface area (TPSA) is 132 Å². The van der Waals surface area contributed by atoms with E-state index in [9.17, 15) is 9.59 Å². The quantitative estimate of drug-likeness (QED) is 0.277. The molecule has 1 aliphatic heterocycles. The lowest BCUT2D eigenvalue weighted by Gasteiger charge is -2.31. The Balaban J connectivity index is 1.12. The Morgan fingerprint density at radius 1 is 0.936 bits per heavy atom. The third-order valence-electron chi connectivity index (χ3n) is 9.19. The Bertz CT molecular complexity index is 2290. The lowest BCUT2D eigenvalue weighted by Crippen LogP contribution is -2.38. The summed E-state index contributed by atoms with van der Waals surface area (Å²) in [4.78, 5) is 40.6. The standard InChI is InChI=1S/C35H32N10O2/c1-3-44-31-19-37-30-11-6-24(25-7-10-29(36-17-25)26-18-40-42(2)20-26)16-28(30)32(31)45(35(44)47)27-8-4-22(5-9-27)23-12-14-43(15-13-23)34(46)33-38-21-39-41-33/h4-11,16-21,23H,3,12-15H2,1-2H3,(H,38,39,41). The second kappa shape index (κ2) is 11.5. The average molecular weight is 625 g/mol. The number of aromatic nitrogens is 9. The summed E-state index contributed by atoms with van der Waals surface area (Å²) < 4.78 is 5.34. The molecule has 2 aromatic carbocycles. The monoisotopic (exact) mass is 624 g/mol. The number of carbonyl (C=O) groups excluding carboxylic acids is 1. The van der Waals surface area contributed by atoms with E-state index in [4.69, 9.17) is 9.97 Å². The number of nitrogens with one attached hydrogen (secondary N) is 1. The predicted molar refractivity (Wildman–Crippen MR) is 178 cm³/mol. The number of H-pyrrole nitrogens is 1. The summed E-state index contributed by atoms with van der Waals surface area (Å²) >= 11 is 0. The highest BCUT2D eigenvalue weighted by atomic mass is 16.2. The molecule has 8 rings (SSSR count). The van der Waals surface area contributed by atoms with E-state index in [1.807, 2.05) is 61.6 Å². The fraction of sp³-hybridized carbons (Fsp3) is 0.229. The van der Waals surface area contributed by atoms with Crippen LogP contribution in [0.3, 0.4) is 0 Å². The minimum Gasteiger partial charge on any atom is -0.336 e. The number of likely N-dealkylation sites (tertiary alicyclic amines) is 1. The van der Waals surface area contributed by atoms with Crippen LogP contribution in [0.2, 0.25) is 0 Å². The number of hydrogen-bond donors (Lipinski definition) is 1. The van der Waals surface area contributed by atoms with Gasteiger partial charge in [-0.2, -0.15) is 5.10 Å². The zero-order valence-corrected chi connectivity index (χ0v) is 26.0. The Morgan fingerprint density at radius 3 is 2.43 bits per heavy atom. The van der Waals surface area contributed by atoms with E-state index in [1.54, 1.807) is 26.2 Å². The maximum Gasteiger partial charge on any atom is 0.333 e. The van der Waals surface area contributed by atoms with Gasteiger partial charge in [0.25, 0.3) is 5.91 Å². The number of fused-ring (bicyclic) bond motifs is 3. The summed E-state index contributed by atoms with van der Waals surface area (Å²) in [7, 11) is 1.89. The van der Waals surface area contributed by atoms with E-state index in [1.165, 1.54) is 11.9 Å². The van der Waals surface area contributed by atoms with Gasteiger partial charge < -0.3 is 9.88 Å². The molecule has 0 spiro atoms. The molecule has 0 saturated carbocycles. The molecule has 0 bridgehead atoms. The second-order valence-corrected chi connectivity index (χ2v) is 11.9. The minimum absolute atomic E-state index is 0.100. The normalized spacial score (nSPS) is 14.0. The average Bonchev–Trinajstić information content (AvgIpc) is 3.87. The molecule has 5 aromatic heterocycles. The van der Waals surface area contributed by atoms with Crippen molar-refractivity contribution >= 4 is 27.8 Å². The molecule has 0 aliphatic carbocycles. The van der Waals surface area contributed by atoms with Crippen LogP contribution in [-0.4, -0.2) is 68.0 Å². The molecule has 234 valence electrons.